The van der Waals surface area contributed by atoms with Crippen LogP contribution in [0.3, 0.4) is 0 Å². The number of ether oxygens (including phenoxy) is 1. The molecule has 140 valence electrons. The Morgan fingerprint density at radius 1 is 1.15 bits per heavy atom. The quantitative estimate of drug-likeness (QED) is 0.580. The second-order valence-corrected chi connectivity index (χ2v) is 6.57. The van der Waals surface area contributed by atoms with Crippen LogP contribution in [0.15, 0.2) is 54.6 Å². The fraction of sp³-hybridized carbons (Fsp3) is 0.286. The predicted octanol–water partition coefficient (Wildman–Crippen LogP) is 3.16. The molecule has 2 atom stereocenters. The van der Waals surface area contributed by atoms with E-state index in [1.165, 1.54) is 24.3 Å². The number of benzene rings is 2. The first kappa shape index (κ1) is 18.8. The molecule has 0 saturated carbocycles. The molecule has 1 aliphatic rings. The van der Waals surface area contributed by atoms with Crippen LogP contribution in [0.5, 0.6) is 0 Å². The van der Waals surface area contributed by atoms with Gasteiger partial charge in [0.2, 0.25) is 5.91 Å². The molecule has 0 N–H and O–H groups in total. The van der Waals surface area contributed by atoms with Crippen molar-refractivity contribution in [2.75, 3.05) is 13.2 Å². The third-order valence-corrected chi connectivity index (χ3v) is 4.75. The van der Waals surface area contributed by atoms with Crippen LogP contribution in [-0.2, 0) is 14.3 Å². The minimum absolute atomic E-state index is 0.0702. The van der Waals surface area contributed by atoms with E-state index < -0.39 is 30.1 Å². The van der Waals surface area contributed by atoms with Gasteiger partial charge in [-0.15, -0.1) is 0 Å². The maximum atomic E-state index is 12.9. The lowest BCUT2D eigenvalue weighted by Gasteiger charge is -2.25. The van der Waals surface area contributed by atoms with E-state index in [0.717, 1.165) is 5.56 Å². The molecule has 0 bridgehead atoms. The van der Waals surface area contributed by atoms with Crippen LogP contribution < -0.4 is 0 Å². The monoisotopic (exact) mass is 369 g/mol. The molecule has 1 amide bonds. The van der Waals surface area contributed by atoms with Crippen molar-refractivity contribution in [3.05, 3.63) is 71.5 Å². The summed E-state index contributed by atoms with van der Waals surface area (Å²) in [5.74, 6) is -2.13. The van der Waals surface area contributed by atoms with Crippen molar-refractivity contribution in [2.24, 2.45) is 5.92 Å². The molecule has 1 fully saturated rings. The molecule has 2 aromatic carbocycles. The third kappa shape index (κ3) is 4.39. The highest BCUT2D eigenvalue weighted by Gasteiger charge is 2.38. The van der Waals surface area contributed by atoms with Crippen LogP contribution >= 0.6 is 0 Å². The molecular weight excluding hydrogens is 349 g/mol. The summed E-state index contributed by atoms with van der Waals surface area (Å²) < 4.78 is 18.0. The normalized spacial score (nSPS) is 17.6. The topological polar surface area (TPSA) is 63.7 Å². The fourth-order valence-electron chi connectivity index (χ4n) is 3.15. The number of esters is 1. The van der Waals surface area contributed by atoms with E-state index in [4.69, 9.17) is 4.74 Å². The number of nitrogens with zero attached hydrogens (tertiary/aromatic N) is 1. The van der Waals surface area contributed by atoms with E-state index >= 15 is 0 Å². The van der Waals surface area contributed by atoms with Crippen LogP contribution in [0.4, 0.5) is 4.39 Å². The SMILES string of the molecule is C[C@@H](c1ccccc1)N1C[C@@H](C(=O)OCC(=O)c2ccc(F)cc2)CC1=O. The van der Waals surface area contributed by atoms with Crippen molar-refractivity contribution < 1.29 is 23.5 Å². The van der Waals surface area contributed by atoms with Crippen molar-refractivity contribution in [1.29, 1.82) is 0 Å². The van der Waals surface area contributed by atoms with Gasteiger partial charge in [0.05, 0.1) is 12.0 Å². The van der Waals surface area contributed by atoms with Gasteiger partial charge in [0.1, 0.15) is 5.82 Å². The molecular formula is C21H20FNO4. The van der Waals surface area contributed by atoms with Gasteiger partial charge >= 0.3 is 5.97 Å². The summed E-state index contributed by atoms with van der Waals surface area (Å²) in [7, 11) is 0. The van der Waals surface area contributed by atoms with Crippen molar-refractivity contribution in [1.82, 2.24) is 4.90 Å². The van der Waals surface area contributed by atoms with Gasteiger partial charge in [-0.2, -0.15) is 0 Å². The van der Waals surface area contributed by atoms with Crippen LogP contribution in [0.1, 0.15) is 35.3 Å². The Morgan fingerprint density at radius 3 is 2.48 bits per heavy atom. The third-order valence-electron chi connectivity index (χ3n) is 4.75. The summed E-state index contributed by atoms with van der Waals surface area (Å²) in [6.07, 6.45) is 0.0702. The Bertz CT molecular complexity index is 835. The molecule has 1 saturated heterocycles. The van der Waals surface area contributed by atoms with Crippen molar-refractivity contribution in [3.8, 4) is 0 Å². The van der Waals surface area contributed by atoms with E-state index in [0.29, 0.717) is 0 Å². The van der Waals surface area contributed by atoms with Crippen molar-refractivity contribution in [3.63, 3.8) is 0 Å². The highest BCUT2D eigenvalue weighted by atomic mass is 19.1. The molecule has 3 rings (SSSR count). The largest absolute Gasteiger partial charge is 0.457 e. The van der Waals surface area contributed by atoms with Gasteiger partial charge in [-0.25, -0.2) is 4.39 Å². The zero-order valence-electron chi connectivity index (χ0n) is 14.9. The van der Waals surface area contributed by atoms with Crippen LogP contribution in [0.25, 0.3) is 0 Å². The molecule has 1 heterocycles. The number of likely N-dealkylation sites (tertiary alicyclic amines) is 1. The van der Waals surface area contributed by atoms with E-state index in [9.17, 15) is 18.8 Å². The number of ketones is 1. The van der Waals surface area contributed by atoms with Crippen LogP contribution in [-0.4, -0.2) is 35.7 Å². The molecule has 0 unspecified atom stereocenters. The predicted molar refractivity (Wildman–Crippen MR) is 96.4 cm³/mol. The molecule has 2 aromatic rings. The average molecular weight is 369 g/mol. The highest BCUT2D eigenvalue weighted by molar-refractivity contribution is 5.98. The molecule has 1 aliphatic heterocycles. The van der Waals surface area contributed by atoms with Gasteiger partial charge in [0, 0.05) is 18.5 Å². The van der Waals surface area contributed by atoms with Crippen molar-refractivity contribution in [2.45, 2.75) is 19.4 Å². The number of rotatable bonds is 6. The maximum Gasteiger partial charge on any atom is 0.311 e. The van der Waals surface area contributed by atoms with Crippen LogP contribution in [0.2, 0.25) is 0 Å². The lowest BCUT2D eigenvalue weighted by atomic mass is 10.1. The zero-order chi connectivity index (χ0) is 19.4. The lowest BCUT2D eigenvalue weighted by Crippen LogP contribution is -2.30. The highest BCUT2D eigenvalue weighted by Crippen LogP contribution is 2.29. The molecule has 5 nitrogen and oxygen atoms in total. The van der Waals surface area contributed by atoms with E-state index in [2.05, 4.69) is 0 Å². The summed E-state index contributed by atoms with van der Waals surface area (Å²) in [5.41, 5.74) is 1.26. The Morgan fingerprint density at radius 2 is 1.81 bits per heavy atom. The molecule has 6 heteroatoms. The van der Waals surface area contributed by atoms with E-state index in [1.807, 2.05) is 37.3 Å². The summed E-state index contributed by atoms with van der Waals surface area (Å²) in [6, 6.07) is 14.5. The molecule has 0 spiro atoms. The number of hydrogen-bond donors (Lipinski definition) is 0. The van der Waals surface area contributed by atoms with E-state index in [1.54, 1.807) is 4.90 Å². The molecule has 0 aliphatic carbocycles. The summed E-state index contributed by atoms with van der Waals surface area (Å²) in [4.78, 5) is 38.3. The van der Waals surface area contributed by atoms with Gasteiger partial charge in [-0.3, -0.25) is 14.4 Å². The first-order valence-corrected chi connectivity index (χ1v) is 8.75. The van der Waals surface area contributed by atoms with Gasteiger partial charge in [-0.05, 0) is 36.8 Å². The second kappa shape index (κ2) is 8.12. The smallest absolute Gasteiger partial charge is 0.311 e. The Hall–Kier alpha value is -3.02. The average Bonchev–Trinajstić information content (AvgIpc) is 3.08. The van der Waals surface area contributed by atoms with Crippen molar-refractivity contribution >= 4 is 17.7 Å². The summed E-state index contributed by atoms with van der Waals surface area (Å²) in [6.45, 7) is 1.75. The molecule has 27 heavy (non-hydrogen) atoms. The Kier molecular flexibility index (Phi) is 5.64. The van der Waals surface area contributed by atoms with Gasteiger partial charge < -0.3 is 9.64 Å². The Labute approximate surface area is 156 Å². The number of carbonyl (C=O) groups is 3. The number of carbonyl (C=O) groups excluding carboxylic acids is 3. The van der Waals surface area contributed by atoms with E-state index in [-0.39, 0.29) is 30.5 Å². The van der Waals surface area contributed by atoms with Gasteiger partial charge in [-0.1, -0.05) is 30.3 Å². The summed E-state index contributed by atoms with van der Waals surface area (Å²) >= 11 is 0. The molecule has 0 aromatic heterocycles. The van der Waals surface area contributed by atoms with Gasteiger partial charge in [0.25, 0.3) is 0 Å². The fourth-order valence-corrected chi connectivity index (χ4v) is 3.15. The standard InChI is InChI=1S/C21H20FNO4/c1-14(15-5-3-2-4-6-15)23-12-17(11-20(23)25)21(26)27-13-19(24)16-7-9-18(22)10-8-16/h2-10,14,17H,11-13H2,1H3/t14-,17-/m0/s1. The number of Topliss-reactive ketones (excluding diaryl/α,β-unsaturated/α-hetero) is 1. The number of hydrogen-bond acceptors (Lipinski definition) is 4. The number of amides is 1. The lowest BCUT2D eigenvalue weighted by molar-refractivity contribution is -0.147. The zero-order valence-corrected chi connectivity index (χ0v) is 14.9. The first-order chi connectivity index (χ1) is 13.0. The second-order valence-electron chi connectivity index (χ2n) is 6.57. The first-order valence-electron chi connectivity index (χ1n) is 8.75. The summed E-state index contributed by atoms with van der Waals surface area (Å²) in [5, 5.41) is 0. The minimum atomic E-state index is -0.593. The van der Waals surface area contributed by atoms with Crippen LogP contribution in [0, 0.1) is 11.7 Å². The van der Waals surface area contributed by atoms with Gasteiger partial charge in [0.15, 0.2) is 12.4 Å². The number of halogens is 1. The maximum absolute atomic E-state index is 12.9. The minimum Gasteiger partial charge on any atom is -0.457 e. The Balaban J connectivity index is 1.56. The molecule has 0 radical (unpaired) electrons.